The van der Waals surface area contributed by atoms with Gasteiger partial charge in [0, 0.05) is 4.75 Å². The van der Waals surface area contributed by atoms with Crippen molar-refractivity contribution >= 4 is 12.6 Å². The Hall–Kier alpha value is -0.170. The first-order valence-electron chi connectivity index (χ1n) is 3.66. The second-order valence-electron chi connectivity index (χ2n) is 3.31. The summed E-state index contributed by atoms with van der Waals surface area (Å²) < 4.78 is 0.126. The molecule has 1 aliphatic rings. The molecule has 0 nitrogen and oxygen atoms in total. The molecule has 0 aromatic heterocycles. The van der Waals surface area contributed by atoms with Crippen LogP contribution in [0.3, 0.4) is 0 Å². The van der Waals surface area contributed by atoms with Crippen LogP contribution in [0.5, 0.6) is 0 Å². The average Bonchev–Trinajstić information content (AvgIpc) is 1.88. The van der Waals surface area contributed by atoms with Gasteiger partial charge in [-0.2, -0.15) is 12.6 Å². The third-order valence-corrected chi connectivity index (χ3v) is 2.22. The maximum atomic E-state index is 4.51. The number of thiol groups is 1. The molecule has 1 unspecified atom stereocenters. The predicted molar refractivity (Wildman–Crippen MR) is 49.5 cm³/mol. The van der Waals surface area contributed by atoms with Crippen molar-refractivity contribution in [3.05, 3.63) is 24.3 Å². The van der Waals surface area contributed by atoms with E-state index in [0.717, 1.165) is 6.42 Å². The van der Waals surface area contributed by atoms with Crippen molar-refractivity contribution in [3.8, 4) is 0 Å². The van der Waals surface area contributed by atoms with Gasteiger partial charge in [0.05, 0.1) is 0 Å². The van der Waals surface area contributed by atoms with Crippen LogP contribution >= 0.6 is 12.6 Å². The van der Waals surface area contributed by atoms with Gasteiger partial charge in [0.25, 0.3) is 0 Å². The van der Waals surface area contributed by atoms with Crippen LogP contribution in [0.25, 0.3) is 0 Å². The van der Waals surface area contributed by atoms with Crippen LogP contribution in [0.15, 0.2) is 24.3 Å². The SMILES string of the molecule is CC(C)(S)C1C=CC=CC1. The molecule has 1 rings (SSSR count). The third kappa shape index (κ3) is 1.91. The smallest absolute Gasteiger partial charge is 0.0139 e. The van der Waals surface area contributed by atoms with Crippen LogP contribution in [0, 0.1) is 5.92 Å². The Morgan fingerprint density at radius 1 is 1.40 bits per heavy atom. The van der Waals surface area contributed by atoms with E-state index >= 15 is 0 Å². The lowest BCUT2D eigenvalue weighted by molar-refractivity contribution is 0.517. The molecule has 0 aromatic rings. The summed E-state index contributed by atoms with van der Waals surface area (Å²) in [7, 11) is 0. The Bertz CT molecular complexity index is 160. The Labute approximate surface area is 68.4 Å². The van der Waals surface area contributed by atoms with Crippen molar-refractivity contribution in [1.29, 1.82) is 0 Å². The first-order chi connectivity index (χ1) is 4.61. The highest BCUT2D eigenvalue weighted by molar-refractivity contribution is 7.81. The molecule has 0 amide bonds. The third-order valence-electron chi connectivity index (χ3n) is 1.89. The fourth-order valence-corrected chi connectivity index (χ4v) is 1.30. The van der Waals surface area contributed by atoms with Crippen LogP contribution in [0.1, 0.15) is 20.3 Å². The molecule has 0 fully saturated rings. The van der Waals surface area contributed by atoms with E-state index in [0.29, 0.717) is 5.92 Å². The molecule has 1 aliphatic carbocycles. The first-order valence-corrected chi connectivity index (χ1v) is 4.11. The summed E-state index contributed by atoms with van der Waals surface area (Å²) in [6, 6.07) is 0. The zero-order valence-corrected chi connectivity index (χ0v) is 7.44. The minimum absolute atomic E-state index is 0.126. The number of hydrogen-bond donors (Lipinski definition) is 1. The lowest BCUT2D eigenvalue weighted by Gasteiger charge is -2.27. The quantitative estimate of drug-likeness (QED) is 0.552. The van der Waals surface area contributed by atoms with Gasteiger partial charge in [-0.15, -0.1) is 0 Å². The summed E-state index contributed by atoms with van der Waals surface area (Å²) in [5, 5.41) is 0. The summed E-state index contributed by atoms with van der Waals surface area (Å²) in [6.07, 6.45) is 9.75. The maximum absolute atomic E-state index is 4.51. The summed E-state index contributed by atoms with van der Waals surface area (Å²) in [6.45, 7) is 4.31. The standard InChI is InChI=1S/C9H14S/c1-9(2,10)8-6-4-3-5-7-8/h3-6,8,10H,7H2,1-2H3. The summed E-state index contributed by atoms with van der Waals surface area (Å²) in [5.74, 6) is 0.598. The van der Waals surface area contributed by atoms with Gasteiger partial charge < -0.3 is 0 Å². The molecule has 1 atom stereocenters. The topological polar surface area (TPSA) is 0 Å². The highest BCUT2D eigenvalue weighted by Gasteiger charge is 2.22. The molecule has 0 aliphatic heterocycles. The highest BCUT2D eigenvalue weighted by Crippen LogP contribution is 2.29. The number of rotatable bonds is 1. The van der Waals surface area contributed by atoms with Gasteiger partial charge in [-0.3, -0.25) is 0 Å². The van der Waals surface area contributed by atoms with E-state index < -0.39 is 0 Å². The van der Waals surface area contributed by atoms with Gasteiger partial charge in [-0.25, -0.2) is 0 Å². The molecule has 0 spiro atoms. The molecular weight excluding hydrogens is 140 g/mol. The van der Waals surface area contributed by atoms with Gasteiger partial charge in [-0.05, 0) is 12.3 Å². The normalized spacial score (nSPS) is 25.3. The van der Waals surface area contributed by atoms with E-state index in [-0.39, 0.29) is 4.75 Å². The zero-order valence-electron chi connectivity index (χ0n) is 6.54. The van der Waals surface area contributed by atoms with Gasteiger partial charge in [0.1, 0.15) is 0 Å². The molecule has 0 heterocycles. The largest absolute Gasteiger partial charge is 0.172 e. The highest BCUT2D eigenvalue weighted by atomic mass is 32.1. The van der Waals surface area contributed by atoms with Gasteiger partial charge in [-0.1, -0.05) is 38.2 Å². The van der Waals surface area contributed by atoms with E-state index in [1.165, 1.54) is 0 Å². The molecule has 0 bridgehead atoms. The second kappa shape index (κ2) is 2.83. The van der Waals surface area contributed by atoms with Gasteiger partial charge >= 0.3 is 0 Å². The van der Waals surface area contributed by atoms with Crippen molar-refractivity contribution in [3.63, 3.8) is 0 Å². The van der Waals surface area contributed by atoms with Crippen LogP contribution < -0.4 is 0 Å². The Kier molecular flexibility index (Phi) is 2.24. The van der Waals surface area contributed by atoms with Gasteiger partial charge in [0.15, 0.2) is 0 Å². The maximum Gasteiger partial charge on any atom is 0.0139 e. The van der Waals surface area contributed by atoms with E-state index in [1.807, 2.05) is 0 Å². The van der Waals surface area contributed by atoms with Crippen LogP contribution in [-0.4, -0.2) is 4.75 Å². The monoisotopic (exact) mass is 154 g/mol. The summed E-state index contributed by atoms with van der Waals surface area (Å²) in [5.41, 5.74) is 0. The molecule has 10 heavy (non-hydrogen) atoms. The fourth-order valence-electron chi connectivity index (χ4n) is 1.10. The van der Waals surface area contributed by atoms with E-state index in [9.17, 15) is 0 Å². The lowest BCUT2D eigenvalue weighted by atomic mass is 9.89. The minimum Gasteiger partial charge on any atom is -0.172 e. The van der Waals surface area contributed by atoms with Crippen molar-refractivity contribution in [1.82, 2.24) is 0 Å². The Morgan fingerprint density at radius 2 is 2.10 bits per heavy atom. The van der Waals surface area contributed by atoms with E-state index in [4.69, 9.17) is 0 Å². The molecular formula is C9H14S. The van der Waals surface area contributed by atoms with Crippen molar-refractivity contribution in [2.75, 3.05) is 0 Å². The predicted octanol–water partition coefficient (Wildman–Crippen LogP) is 2.83. The van der Waals surface area contributed by atoms with Crippen molar-refractivity contribution < 1.29 is 0 Å². The number of allylic oxidation sites excluding steroid dienone is 4. The lowest BCUT2D eigenvalue weighted by Crippen LogP contribution is -2.23. The molecule has 0 N–H and O–H groups in total. The Morgan fingerprint density at radius 3 is 2.40 bits per heavy atom. The summed E-state index contributed by atoms with van der Waals surface area (Å²) >= 11 is 4.51. The van der Waals surface area contributed by atoms with Crippen LogP contribution in [-0.2, 0) is 0 Å². The molecule has 0 radical (unpaired) electrons. The molecule has 0 saturated carbocycles. The van der Waals surface area contributed by atoms with Crippen LogP contribution in [0.2, 0.25) is 0 Å². The molecule has 1 heteroatoms. The first kappa shape index (κ1) is 7.93. The minimum atomic E-state index is 0.126. The average molecular weight is 154 g/mol. The van der Waals surface area contributed by atoms with Gasteiger partial charge in [0.2, 0.25) is 0 Å². The fraction of sp³-hybridized carbons (Fsp3) is 0.556. The second-order valence-corrected chi connectivity index (χ2v) is 4.46. The zero-order chi connectivity index (χ0) is 7.61. The summed E-state index contributed by atoms with van der Waals surface area (Å²) in [4.78, 5) is 0. The van der Waals surface area contributed by atoms with Crippen LogP contribution in [0.4, 0.5) is 0 Å². The van der Waals surface area contributed by atoms with Crippen molar-refractivity contribution in [2.24, 2.45) is 5.92 Å². The van der Waals surface area contributed by atoms with E-state index in [2.05, 4.69) is 50.8 Å². The molecule has 0 aromatic carbocycles. The van der Waals surface area contributed by atoms with Crippen molar-refractivity contribution in [2.45, 2.75) is 25.0 Å². The molecule has 56 valence electrons. The Balaban J connectivity index is 2.60. The number of hydrogen-bond acceptors (Lipinski definition) is 1. The molecule has 0 saturated heterocycles. The van der Waals surface area contributed by atoms with E-state index in [1.54, 1.807) is 0 Å².